The van der Waals surface area contributed by atoms with E-state index in [4.69, 9.17) is 0 Å². The van der Waals surface area contributed by atoms with E-state index in [2.05, 4.69) is 39.0 Å². The lowest BCUT2D eigenvalue weighted by Crippen LogP contribution is -2.49. The molecule has 4 aliphatic carbocycles. The molecule has 0 bridgehead atoms. The molecule has 4 rings (SSSR count). The first kappa shape index (κ1) is 15.0. The van der Waals surface area contributed by atoms with Crippen LogP contribution in [-0.2, 0) is 0 Å². The zero-order chi connectivity index (χ0) is 15.5. The van der Waals surface area contributed by atoms with E-state index in [-0.39, 0.29) is 11.5 Å². The van der Waals surface area contributed by atoms with E-state index in [9.17, 15) is 5.11 Å². The fraction of sp³-hybridized carbons (Fsp3) is 0.810. The third-order valence-electron chi connectivity index (χ3n) is 8.32. The number of allylic oxidation sites excluding steroid dienone is 2. The Kier molecular flexibility index (Phi) is 3.39. The Bertz CT molecular complexity index is 518. The van der Waals surface area contributed by atoms with Gasteiger partial charge in [-0.2, -0.15) is 0 Å². The third-order valence-corrected chi connectivity index (χ3v) is 8.32. The molecule has 2 saturated carbocycles. The summed E-state index contributed by atoms with van der Waals surface area (Å²) >= 11 is 0. The van der Waals surface area contributed by atoms with E-state index in [1.807, 2.05) is 0 Å². The first-order valence-corrected chi connectivity index (χ1v) is 9.56. The van der Waals surface area contributed by atoms with Crippen LogP contribution in [0, 0.1) is 34.5 Å². The highest BCUT2D eigenvalue weighted by Crippen LogP contribution is 2.65. The molecule has 22 heavy (non-hydrogen) atoms. The van der Waals surface area contributed by atoms with Crippen molar-refractivity contribution >= 4 is 0 Å². The summed E-state index contributed by atoms with van der Waals surface area (Å²) in [4.78, 5) is 0. The van der Waals surface area contributed by atoms with Gasteiger partial charge in [-0.15, -0.1) is 0 Å². The van der Waals surface area contributed by atoms with Gasteiger partial charge in [0.1, 0.15) is 0 Å². The van der Waals surface area contributed by atoms with Gasteiger partial charge >= 0.3 is 0 Å². The standard InChI is InChI=1S/C21H32O/c1-4-14-6-8-18-17-7-5-15-13-16(22)9-11-21(15,3)19(17)10-12-20(14,18)2/h5,9,11,14,16-19,22H,4,6-8,10,12-13H2,1-3H3/t14-,16?,17-,18-,19-,20+,21-/m0/s1. The van der Waals surface area contributed by atoms with Gasteiger partial charge in [-0.3, -0.25) is 0 Å². The van der Waals surface area contributed by atoms with Crippen molar-refractivity contribution < 1.29 is 5.11 Å². The van der Waals surface area contributed by atoms with Crippen LogP contribution in [0.5, 0.6) is 0 Å². The Balaban J connectivity index is 1.68. The average Bonchev–Trinajstić information content (AvgIpc) is 2.84. The van der Waals surface area contributed by atoms with Crippen LogP contribution >= 0.6 is 0 Å². The van der Waals surface area contributed by atoms with Gasteiger partial charge < -0.3 is 5.11 Å². The maximum absolute atomic E-state index is 9.99. The minimum Gasteiger partial charge on any atom is -0.389 e. The van der Waals surface area contributed by atoms with Crippen LogP contribution in [0.1, 0.15) is 65.7 Å². The minimum absolute atomic E-state index is 0.230. The molecular formula is C21H32O. The van der Waals surface area contributed by atoms with Crippen LogP contribution < -0.4 is 0 Å². The van der Waals surface area contributed by atoms with Crippen molar-refractivity contribution in [1.82, 2.24) is 0 Å². The Labute approximate surface area is 135 Å². The maximum atomic E-state index is 9.99. The molecule has 0 heterocycles. The van der Waals surface area contributed by atoms with E-state index in [1.165, 1.54) is 44.1 Å². The number of rotatable bonds is 1. The molecule has 4 aliphatic rings. The fourth-order valence-electron chi connectivity index (χ4n) is 7.01. The van der Waals surface area contributed by atoms with Crippen LogP contribution in [0.2, 0.25) is 0 Å². The molecule has 0 amide bonds. The van der Waals surface area contributed by atoms with Gasteiger partial charge in [0.2, 0.25) is 0 Å². The second-order valence-electron chi connectivity index (χ2n) is 8.98. The molecule has 7 atom stereocenters. The van der Waals surface area contributed by atoms with E-state index in [0.717, 1.165) is 30.1 Å². The minimum atomic E-state index is -0.249. The van der Waals surface area contributed by atoms with Gasteiger partial charge in [-0.25, -0.2) is 0 Å². The lowest BCUT2D eigenvalue weighted by atomic mass is 9.48. The molecule has 1 unspecified atom stereocenters. The van der Waals surface area contributed by atoms with Gasteiger partial charge in [0.15, 0.2) is 0 Å². The van der Waals surface area contributed by atoms with Crippen LogP contribution in [0.3, 0.4) is 0 Å². The molecule has 1 heteroatoms. The Morgan fingerprint density at radius 2 is 2.00 bits per heavy atom. The molecular weight excluding hydrogens is 268 g/mol. The van der Waals surface area contributed by atoms with Crippen molar-refractivity contribution in [3.8, 4) is 0 Å². The predicted molar refractivity (Wildman–Crippen MR) is 91.4 cm³/mol. The van der Waals surface area contributed by atoms with Gasteiger partial charge in [0.05, 0.1) is 6.10 Å². The molecule has 0 radical (unpaired) electrons. The SMILES string of the molecule is CC[C@H]1CC[C@H]2[C@@H]3CC=C4CC(O)C=C[C@]4(C)[C@H]3CC[C@]12C. The first-order chi connectivity index (χ1) is 10.5. The summed E-state index contributed by atoms with van der Waals surface area (Å²) in [6, 6.07) is 0. The Morgan fingerprint density at radius 3 is 2.77 bits per heavy atom. The highest BCUT2D eigenvalue weighted by atomic mass is 16.3. The summed E-state index contributed by atoms with van der Waals surface area (Å²) in [5.41, 5.74) is 2.36. The summed E-state index contributed by atoms with van der Waals surface area (Å²) in [6.07, 6.45) is 15.9. The predicted octanol–water partition coefficient (Wildman–Crippen LogP) is 5.11. The largest absolute Gasteiger partial charge is 0.389 e. The van der Waals surface area contributed by atoms with Crippen LogP contribution in [0.15, 0.2) is 23.8 Å². The topological polar surface area (TPSA) is 20.2 Å². The zero-order valence-electron chi connectivity index (χ0n) is 14.5. The molecule has 122 valence electrons. The monoisotopic (exact) mass is 300 g/mol. The molecule has 1 N–H and O–H groups in total. The zero-order valence-corrected chi connectivity index (χ0v) is 14.5. The summed E-state index contributed by atoms with van der Waals surface area (Å²) in [7, 11) is 0. The molecule has 2 fully saturated rings. The lowest BCUT2D eigenvalue weighted by molar-refractivity contribution is -0.0252. The van der Waals surface area contributed by atoms with Crippen LogP contribution in [-0.4, -0.2) is 11.2 Å². The number of hydrogen-bond acceptors (Lipinski definition) is 1. The molecule has 0 aliphatic heterocycles. The summed E-state index contributed by atoms with van der Waals surface area (Å²) in [5.74, 6) is 3.58. The summed E-state index contributed by atoms with van der Waals surface area (Å²) < 4.78 is 0. The lowest BCUT2D eigenvalue weighted by Gasteiger charge is -2.56. The van der Waals surface area contributed by atoms with Crippen molar-refractivity contribution in [2.45, 2.75) is 71.8 Å². The second-order valence-corrected chi connectivity index (χ2v) is 8.98. The van der Waals surface area contributed by atoms with E-state index < -0.39 is 0 Å². The average molecular weight is 300 g/mol. The van der Waals surface area contributed by atoms with Crippen LogP contribution in [0.4, 0.5) is 0 Å². The number of aliphatic hydroxyl groups is 1. The van der Waals surface area contributed by atoms with E-state index in [1.54, 1.807) is 0 Å². The number of hydrogen-bond donors (Lipinski definition) is 1. The quantitative estimate of drug-likeness (QED) is 0.667. The first-order valence-electron chi connectivity index (χ1n) is 9.56. The maximum Gasteiger partial charge on any atom is 0.0758 e. The van der Waals surface area contributed by atoms with Crippen molar-refractivity contribution in [1.29, 1.82) is 0 Å². The second kappa shape index (κ2) is 4.97. The number of aliphatic hydroxyl groups excluding tert-OH is 1. The fourth-order valence-corrected chi connectivity index (χ4v) is 7.01. The molecule has 0 aromatic rings. The molecule has 0 aromatic heterocycles. The third kappa shape index (κ3) is 1.87. The number of fused-ring (bicyclic) bond motifs is 5. The summed E-state index contributed by atoms with van der Waals surface area (Å²) in [5, 5.41) is 9.99. The smallest absolute Gasteiger partial charge is 0.0758 e. The molecule has 0 saturated heterocycles. The van der Waals surface area contributed by atoms with Crippen LogP contribution in [0.25, 0.3) is 0 Å². The van der Waals surface area contributed by atoms with Crippen molar-refractivity contribution in [2.24, 2.45) is 34.5 Å². The molecule has 0 aromatic carbocycles. The van der Waals surface area contributed by atoms with Crippen molar-refractivity contribution in [3.63, 3.8) is 0 Å². The Hall–Kier alpha value is -0.560. The van der Waals surface area contributed by atoms with Gasteiger partial charge in [-0.1, -0.05) is 51.0 Å². The van der Waals surface area contributed by atoms with E-state index in [0.29, 0.717) is 5.41 Å². The van der Waals surface area contributed by atoms with Crippen molar-refractivity contribution in [3.05, 3.63) is 23.8 Å². The Morgan fingerprint density at radius 1 is 1.18 bits per heavy atom. The van der Waals surface area contributed by atoms with Gasteiger partial charge in [0, 0.05) is 5.41 Å². The highest BCUT2D eigenvalue weighted by molar-refractivity contribution is 5.32. The normalized spacial score (nSPS) is 53.5. The van der Waals surface area contributed by atoms with Crippen molar-refractivity contribution in [2.75, 3.05) is 0 Å². The molecule has 0 spiro atoms. The van der Waals surface area contributed by atoms with E-state index >= 15 is 0 Å². The highest BCUT2D eigenvalue weighted by Gasteiger charge is 2.57. The summed E-state index contributed by atoms with van der Waals surface area (Å²) in [6.45, 7) is 7.46. The van der Waals surface area contributed by atoms with Gasteiger partial charge in [-0.05, 0) is 67.6 Å². The molecule has 1 nitrogen and oxygen atoms in total. The van der Waals surface area contributed by atoms with Gasteiger partial charge in [0.25, 0.3) is 0 Å².